The molecule has 0 aliphatic carbocycles. The molecule has 0 unspecified atom stereocenters. The lowest BCUT2D eigenvalue weighted by molar-refractivity contribution is 0.102. The lowest BCUT2D eigenvalue weighted by Crippen LogP contribution is -2.13. The molecule has 2 aromatic carbocycles. The Kier molecular flexibility index (Phi) is 7.19. The molecule has 0 fully saturated rings. The van der Waals surface area contributed by atoms with Gasteiger partial charge >= 0.3 is 0 Å². The number of hydrogen-bond acceptors (Lipinski definition) is 8. The molecule has 4 N–H and O–H groups in total. The molecule has 0 saturated carbocycles. The predicted molar refractivity (Wildman–Crippen MR) is 153 cm³/mol. The lowest BCUT2D eigenvalue weighted by Gasteiger charge is -2.15. The summed E-state index contributed by atoms with van der Waals surface area (Å²) in [6, 6.07) is 20.8. The summed E-state index contributed by atoms with van der Waals surface area (Å²) in [5, 5.41) is 7.09. The first kappa shape index (κ1) is 25.2. The van der Waals surface area contributed by atoms with Gasteiger partial charge in [0.2, 0.25) is 0 Å². The van der Waals surface area contributed by atoms with Crippen molar-refractivity contribution in [2.75, 3.05) is 16.4 Å². The van der Waals surface area contributed by atoms with Gasteiger partial charge in [0.1, 0.15) is 18.0 Å². The minimum atomic E-state index is -0.260. The molecule has 38 heavy (non-hydrogen) atoms. The molecule has 3 heterocycles. The van der Waals surface area contributed by atoms with Gasteiger partial charge in [0.25, 0.3) is 5.91 Å². The number of hydrogen-bond donors (Lipinski definition) is 3. The van der Waals surface area contributed by atoms with Crippen LogP contribution in [0.2, 0.25) is 0 Å². The summed E-state index contributed by atoms with van der Waals surface area (Å²) >= 11 is 1.56. The average molecular weight is 522 g/mol. The second-order valence-corrected chi connectivity index (χ2v) is 10.3. The van der Waals surface area contributed by atoms with Crippen LogP contribution in [0, 0.1) is 6.92 Å². The van der Waals surface area contributed by atoms with Crippen molar-refractivity contribution >= 4 is 51.7 Å². The van der Waals surface area contributed by atoms with Crippen molar-refractivity contribution < 1.29 is 4.79 Å². The number of pyridine rings is 2. The van der Waals surface area contributed by atoms with E-state index in [9.17, 15) is 4.79 Å². The zero-order valence-electron chi connectivity index (χ0n) is 21.3. The van der Waals surface area contributed by atoms with Crippen LogP contribution in [0.4, 0.5) is 23.0 Å². The van der Waals surface area contributed by atoms with Gasteiger partial charge in [-0.05, 0) is 79.1 Å². The number of carbonyl (C=O) groups is 1. The number of rotatable bonds is 7. The highest BCUT2D eigenvalue weighted by molar-refractivity contribution is 7.99. The Hall–Kier alpha value is -4.50. The number of nitrogen functional groups attached to an aromatic ring is 1. The molecule has 0 aliphatic heterocycles. The summed E-state index contributed by atoms with van der Waals surface area (Å²) in [4.78, 5) is 32.9. The molecule has 5 rings (SSSR count). The van der Waals surface area contributed by atoms with Gasteiger partial charge in [-0.25, -0.2) is 19.9 Å². The maximum Gasteiger partial charge on any atom is 0.256 e. The summed E-state index contributed by atoms with van der Waals surface area (Å²) in [5.74, 6) is 1.12. The Morgan fingerprint density at radius 2 is 1.76 bits per heavy atom. The molecule has 3 aromatic heterocycles. The van der Waals surface area contributed by atoms with Crippen molar-refractivity contribution in [1.82, 2.24) is 19.9 Å². The van der Waals surface area contributed by atoms with Crippen LogP contribution in [0.25, 0.3) is 11.0 Å². The number of anilines is 4. The van der Waals surface area contributed by atoms with Crippen molar-refractivity contribution in [2.24, 2.45) is 0 Å². The standard InChI is InChI=1S/C29H27N7OS/c1-17(2)23-11-10-22-27(34-23)32-16-33-28(22)35-24-14-19(29(37)36-26-13-4-18(3)15-31-26)5-12-25(24)38-21-8-6-20(30)7-9-21/h4-17H,30H2,1-3H3,(H,31,36,37)(H,32,33,34,35). The first-order chi connectivity index (χ1) is 18.4. The quantitative estimate of drug-likeness (QED) is 0.206. The van der Waals surface area contributed by atoms with Crippen LogP contribution in [0.15, 0.2) is 89.0 Å². The van der Waals surface area contributed by atoms with E-state index in [-0.39, 0.29) is 11.8 Å². The Morgan fingerprint density at radius 3 is 2.50 bits per heavy atom. The molecule has 5 aromatic rings. The van der Waals surface area contributed by atoms with Crippen LogP contribution < -0.4 is 16.4 Å². The van der Waals surface area contributed by atoms with Crippen LogP contribution in [-0.4, -0.2) is 25.8 Å². The maximum atomic E-state index is 13.1. The van der Waals surface area contributed by atoms with Gasteiger partial charge in [-0.3, -0.25) is 4.79 Å². The highest BCUT2D eigenvalue weighted by atomic mass is 32.2. The van der Waals surface area contributed by atoms with Crippen molar-refractivity contribution in [3.8, 4) is 0 Å². The highest BCUT2D eigenvalue weighted by Gasteiger charge is 2.15. The molecule has 1 amide bonds. The van der Waals surface area contributed by atoms with E-state index < -0.39 is 0 Å². The van der Waals surface area contributed by atoms with Crippen LogP contribution in [0.3, 0.4) is 0 Å². The third kappa shape index (κ3) is 5.73. The molecule has 0 radical (unpaired) electrons. The molecule has 0 bridgehead atoms. The van der Waals surface area contributed by atoms with E-state index in [0.29, 0.717) is 28.5 Å². The minimum absolute atomic E-state index is 0.260. The molecule has 0 spiro atoms. The van der Waals surface area contributed by atoms with Crippen LogP contribution in [0.5, 0.6) is 0 Å². The zero-order valence-corrected chi connectivity index (χ0v) is 22.1. The topological polar surface area (TPSA) is 119 Å². The number of benzene rings is 2. The summed E-state index contributed by atoms with van der Waals surface area (Å²) < 4.78 is 0. The van der Waals surface area contributed by atoms with E-state index in [2.05, 4.69) is 39.4 Å². The molecule has 8 nitrogen and oxygen atoms in total. The summed E-state index contributed by atoms with van der Waals surface area (Å²) in [6.45, 7) is 6.14. The zero-order chi connectivity index (χ0) is 26.6. The summed E-state index contributed by atoms with van der Waals surface area (Å²) in [6.07, 6.45) is 3.21. The van der Waals surface area contributed by atoms with Crippen molar-refractivity contribution in [3.63, 3.8) is 0 Å². The number of fused-ring (bicyclic) bond motifs is 1. The third-order valence-electron chi connectivity index (χ3n) is 5.87. The van der Waals surface area contributed by atoms with Crippen molar-refractivity contribution in [2.45, 2.75) is 36.5 Å². The first-order valence-electron chi connectivity index (χ1n) is 12.2. The van der Waals surface area contributed by atoms with E-state index in [1.165, 1.54) is 6.33 Å². The minimum Gasteiger partial charge on any atom is -0.399 e. The second kappa shape index (κ2) is 10.9. The Balaban J connectivity index is 1.51. The van der Waals surface area contributed by atoms with E-state index in [1.807, 2.05) is 61.5 Å². The van der Waals surface area contributed by atoms with Gasteiger partial charge in [-0.15, -0.1) is 0 Å². The van der Waals surface area contributed by atoms with Gasteiger partial charge in [0.05, 0.1) is 11.1 Å². The van der Waals surface area contributed by atoms with Gasteiger partial charge < -0.3 is 16.4 Å². The summed E-state index contributed by atoms with van der Waals surface area (Å²) in [7, 11) is 0. The number of nitrogens with two attached hydrogens (primary N) is 1. The van der Waals surface area contributed by atoms with Gasteiger partial charge in [-0.2, -0.15) is 0 Å². The predicted octanol–water partition coefficient (Wildman–Crippen LogP) is 6.58. The number of carbonyl (C=O) groups excluding carboxylic acids is 1. The number of aromatic nitrogens is 4. The largest absolute Gasteiger partial charge is 0.399 e. The molecule has 0 atom stereocenters. The second-order valence-electron chi connectivity index (χ2n) is 9.17. The van der Waals surface area contributed by atoms with Crippen molar-refractivity contribution in [3.05, 3.63) is 96.1 Å². The van der Waals surface area contributed by atoms with Crippen LogP contribution >= 0.6 is 11.8 Å². The highest BCUT2D eigenvalue weighted by Crippen LogP contribution is 2.37. The monoisotopic (exact) mass is 521 g/mol. The molecule has 9 heteroatoms. The smallest absolute Gasteiger partial charge is 0.256 e. The van der Waals surface area contributed by atoms with E-state index in [0.717, 1.165) is 32.1 Å². The number of amides is 1. The fourth-order valence-corrected chi connectivity index (χ4v) is 4.64. The summed E-state index contributed by atoms with van der Waals surface area (Å²) in [5.41, 5.74) is 10.4. The molecular weight excluding hydrogens is 494 g/mol. The average Bonchev–Trinajstić information content (AvgIpc) is 2.92. The fourth-order valence-electron chi connectivity index (χ4n) is 3.76. The van der Waals surface area contributed by atoms with Crippen LogP contribution in [0.1, 0.15) is 41.4 Å². The van der Waals surface area contributed by atoms with E-state index >= 15 is 0 Å². The SMILES string of the molecule is Cc1ccc(NC(=O)c2ccc(Sc3ccc(N)cc3)c(Nc3ncnc4nc(C(C)C)ccc34)c2)nc1. The Morgan fingerprint density at radius 1 is 0.947 bits per heavy atom. The number of aryl methyl sites for hydroxylation is 1. The molecule has 190 valence electrons. The van der Waals surface area contributed by atoms with Gasteiger partial charge in [-0.1, -0.05) is 31.7 Å². The van der Waals surface area contributed by atoms with E-state index in [1.54, 1.807) is 30.1 Å². The lowest BCUT2D eigenvalue weighted by atomic mass is 10.1. The molecule has 0 aliphatic rings. The first-order valence-corrected chi connectivity index (χ1v) is 13.0. The normalized spacial score (nSPS) is 11.1. The Labute approximate surface area is 225 Å². The van der Waals surface area contributed by atoms with Gasteiger partial charge in [0.15, 0.2) is 5.65 Å². The van der Waals surface area contributed by atoms with Gasteiger partial charge in [0, 0.05) is 32.9 Å². The maximum absolute atomic E-state index is 13.1. The molecule has 0 saturated heterocycles. The third-order valence-corrected chi connectivity index (χ3v) is 6.95. The Bertz CT molecular complexity index is 1600. The van der Waals surface area contributed by atoms with Crippen molar-refractivity contribution in [1.29, 1.82) is 0 Å². The number of nitrogens with one attached hydrogen (secondary N) is 2. The fraction of sp³-hybridized carbons (Fsp3) is 0.138. The number of nitrogens with zero attached hydrogens (tertiary/aromatic N) is 4. The van der Waals surface area contributed by atoms with Crippen LogP contribution in [-0.2, 0) is 0 Å². The van der Waals surface area contributed by atoms with E-state index in [4.69, 9.17) is 10.7 Å². The molecular formula is C29H27N7OS.